The molecule has 0 aromatic heterocycles. The summed E-state index contributed by atoms with van der Waals surface area (Å²) in [5.41, 5.74) is 8.50. The first-order chi connectivity index (χ1) is 11.3. The summed E-state index contributed by atoms with van der Waals surface area (Å²) in [6.07, 6.45) is 0. The van der Waals surface area contributed by atoms with Gasteiger partial charge in [0, 0.05) is 0 Å². The minimum Gasteiger partial charge on any atom is -0.0596 e. The van der Waals surface area contributed by atoms with E-state index in [1.54, 1.807) is 11.1 Å². The first kappa shape index (κ1) is 21.5. The maximum Gasteiger partial charge on any atom is -0.00415 e. The van der Waals surface area contributed by atoms with Gasteiger partial charge in [0.2, 0.25) is 0 Å². The molecule has 1 aliphatic carbocycles. The van der Waals surface area contributed by atoms with Gasteiger partial charge < -0.3 is 0 Å². The van der Waals surface area contributed by atoms with Crippen molar-refractivity contribution >= 4 is 0 Å². The zero-order valence-corrected chi connectivity index (χ0v) is 20.2. The van der Waals surface area contributed by atoms with E-state index in [2.05, 4.69) is 103 Å². The summed E-state index contributed by atoms with van der Waals surface area (Å²) in [5.74, 6) is 0.514. The minimum atomic E-state index is 0.101. The molecule has 0 amide bonds. The fraction of sp³-hybridized carbons (Fsp3) is 0.769. The first-order valence-corrected chi connectivity index (χ1v) is 10.4. The standard InChI is InChI=1S/C26H44/c1-16-15-17(2)19-20(18(16)3)23(7,8)25(11,12)26(13,14)24(9,10)21(19)22(4,5)6/h15,21H,1-14H3. The molecule has 148 valence electrons. The van der Waals surface area contributed by atoms with Gasteiger partial charge in [-0.15, -0.1) is 0 Å². The van der Waals surface area contributed by atoms with E-state index >= 15 is 0 Å². The highest BCUT2D eigenvalue weighted by molar-refractivity contribution is 5.53. The second-order valence-corrected chi connectivity index (χ2v) is 12.3. The maximum absolute atomic E-state index is 2.53. The lowest BCUT2D eigenvalue weighted by atomic mass is 9.44. The second kappa shape index (κ2) is 5.62. The molecule has 0 nitrogen and oxygen atoms in total. The Balaban J connectivity index is 3.17. The van der Waals surface area contributed by atoms with Crippen molar-refractivity contribution < 1.29 is 0 Å². The van der Waals surface area contributed by atoms with Crippen molar-refractivity contribution in [3.63, 3.8) is 0 Å². The van der Waals surface area contributed by atoms with Crippen LogP contribution in [-0.4, -0.2) is 0 Å². The molecule has 1 atom stereocenters. The molecule has 1 aromatic rings. The molecule has 26 heavy (non-hydrogen) atoms. The second-order valence-electron chi connectivity index (χ2n) is 12.3. The highest BCUT2D eigenvalue weighted by atomic mass is 14.7. The molecule has 0 fully saturated rings. The quantitative estimate of drug-likeness (QED) is 0.412. The molecule has 0 spiro atoms. The van der Waals surface area contributed by atoms with Crippen molar-refractivity contribution in [2.45, 2.75) is 108 Å². The van der Waals surface area contributed by atoms with Crippen LogP contribution in [0.15, 0.2) is 6.07 Å². The van der Waals surface area contributed by atoms with Crippen molar-refractivity contribution in [1.82, 2.24) is 0 Å². The maximum atomic E-state index is 2.53. The first-order valence-electron chi connectivity index (χ1n) is 10.4. The zero-order chi connectivity index (χ0) is 20.7. The van der Waals surface area contributed by atoms with Crippen molar-refractivity contribution in [1.29, 1.82) is 0 Å². The van der Waals surface area contributed by atoms with Gasteiger partial charge in [0.1, 0.15) is 0 Å². The molecular weight excluding hydrogens is 312 g/mol. The van der Waals surface area contributed by atoms with E-state index in [1.165, 1.54) is 16.7 Å². The number of benzene rings is 1. The summed E-state index contributed by atoms with van der Waals surface area (Å²) in [4.78, 5) is 0. The number of hydrogen-bond acceptors (Lipinski definition) is 0. The van der Waals surface area contributed by atoms with E-state index in [0.29, 0.717) is 5.92 Å². The van der Waals surface area contributed by atoms with Gasteiger partial charge in [0.15, 0.2) is 0 Å². The van der Waals surface area contributed by atoms with E-state index in [-0.39, 0.29) is 27.1 Å². The minimum absolute atomic E-state index is 0.101. The number of aryl methyl sites for hydroxylation is 2. The molecule has 2 rings (SSSR count). The van der Waals surface area contributed by atoms with Gasteiger partial charge in [-0.1, -0.05) is 82.2 Å². The summed E-state index contributed by atoms with van der Waals surface area (Å²) < 4.78 is 0. The van der Waals surface area contributed by atoms with Gasteiger partial charge in [-0.25, -0.2) is 0 Å². The van der Waals surface area contributed by atoms with Gasteiger partial charge in [0.05, 0.1) is 0 Å². The Hall–Kier alpha value is -0.780. The van der Waals surface area contributed by atoms with Crippen LogP contribution < -0.4 is 0 Å². The Morgan fingerprint density at radius 1 is 0.731 bits per heavy atom. The van der Waals surface area contributed by atoms with Crippen LogP contribution in [0.2, 0.25) is 0 Å². The fourth-order valence-electron chi connectivity index (χ4n) is 6.42. The van der Waals surface area contributed by atoms with E-state index in [9.17, 15) is 0 Å². The zero-order valence-electron chi connectivity index (χ0n) is 20.2. The van der Waals surface area contributed by atoms with Crippen LogP contribution in [0.4, 0.5) is 0 Å². The van der Waals surface area contributed by atoms with Gasteiger partial charge in [-0.05, 0) is 81.6 Å². The topological polar surface area (TPSA) is 0 Å². The Bertz CT molecular complexity index is 717. The van der Waals surface area contributed by atoms with Crippen LogP contribution in [0.25, 0.3) is 0 Å². The van der Waals surface area contributed by atoms with Crippen molar-refractivity contribution in [2.24, 2.45) is 21.7 Å². The summed E-state index contributed by atoms with van der Waals surface area (Å²) in [6, 6.07) is 2.43. The monoisotopic (exact) mass is 356 g/mol. The van der Waals surface area contributed by atoms with Crippen LogP contribution in [0.5, 0.6) is 0 Å². The molecule has 1 unspecified atom stereocenters. The molecule has 0 N–H and O–H groups in total. The van der Waals surface area contributed by atoms with Crippen LogP contribution in [0.3, 0.4) is 0 Å². The Labute approximate surface area is 164 Å². The summed E-state index contributed by atoms with van der Waals surface area (Å²) >= 11 is 0. The molecule has 0 radical (unpaired) electrons. The third kappa shape index (κ3) is 2.46. The van der Waals surface area contributed by atoms with E-state index < -0.39 is 0 Å². The molecule has 1 aliphatic rings. The molecule has 0 heteroatoms. The summed E-state index contributed by atoms with van der Waals surface area (Å²) in [7, 11) is 0. The van der Waals surface area contributed by atoms with Gasteiger partial charge in [-0.2, -0.15) is 0 Å². The molecule has 1 aromatic carbocycles. The predicted octanol–water partition coefficient (Wildman–Crippen LogP) is 8.11. The Kier molecular flexibility index (Phi) is 4.65. The van der Waals surface area contributed by atoms with E-state index in [0.717, 1.165) is 0 Å². The lowest BCUT2D eigenvalue weighted by molar-refractivity contribution is -0.0832. The largest absolute Gasteiger partial charge is 0.0596 e. The van der Waals surface area contributed by atoms with Gasteiger partial charge in [-0.3, -0.25) is 0 Å². The van der Waals surface area contributed by atoms with Crippen LogP contribution in [0.1, 0.15) is 110 Å². The van der Waals surface area contributed by atoms with Gasteiger partial charge in [0.25, 0.3) is 0 Å². The van der Waals surface area contributed by atoms with Crippen molar-refractivity contribution in [3.8, 4) is 0 Å². The average Bonchev–Trinajstić information content (AvgIpc) is 2.43. The third-order valence-electron chi connectivity index (χ3n) is 9.33. The van der Waals surface area contributed by atoms with Crippen molar-refractivity contribution in [3.05, 3.63) is 33.9 Å². The van der Waals surface area contributed by atoms with Gasteiger partial charge >= 0.3 is 0 Å². The third-order valence-corrected chi connectivity index (χ3v) is 9.33. The van der Waals surface area contributed by atoms with Crippen LogP contribution in [-0.2, 0) is 5.41 Å². The molecule has 0 aliphatic heterocycles. The molecule has 0 saturated carbocycles. The normalized spacial score (nSPS) is 26.2. The smallest absolute Gasteiger partial charge is 0.00415 e. The molecule has 0 saturated heterocycles. The lowest BCUT2D eigenvalue weighted by Gasteiger charge is -2.59. The van der Waals surface area contributed by atoms with E-state index in [4.69, 9.17) is 0 Å². The molecule has 0 bridgehead atoms. The lowest BCUT2D eigenvalue weighted by Crippen LogP contribution is -2.54. The fourth-order valence-corrected chi connectivity index (χ4v) is 6.42. The summed E-state index contributed by atoms with van der Waals surface area (Å²) in [6.45, 7) is 34.5. The van der Waals surface area contributed by atoms with E-state index in [1.807, 2.05) is 0 Å². The Morgan fingerprint density at radius 3 is 1.62 bits per heavy atom. The predicted molar refractivity (Wildman–Crippen MR) is 117 cm³/mol. The highest BCUT2D eigenvalue weighted by Gasteiger charge is 2.62. The van der Waals surface area contributed by atoms with Crippen molar-refractivity contribution in [2.75, 3.05) is 0 Å². The SMILES string of the molecule is Cc1cc(C)c2c(c1C)C(C)(C)C(C)(C)C(C)(C)C(C)(C)C2C(C)(C)C. The van der Waals surface area contributed by atoms with Crippen LogP contribution in [0, 0.1) is 42.4 Å². The number of fused-ring (bicyclic) bond motifs is 1. The number of rotatable bonds is 0. The Morgan fingerprint density at radius 2 is 1.19 bits per heavy atom. The molecule has 0 heterocycles. The summed E-state index contributed by atoms with van der Waals surface area (Å²) in [5, 5.41) is 0. The molecular formula is C26H44. The number of hydrogen-bond donors (Lipinski definition) is 0. The highest BCUT2D eigenvalue weighted by Crippen LogP contribution is 2.70. The average molecular weight is 357 g/mol. The van der Waals surface area contributed by atoms with Crippen LogP contribution >= 0.6 is 0 Å².